The van der Waals surface area contributed by atoms with Crippen LogP contribution in [-0.4, -0.2) is 14.5 Å². The van der Waals surface area contributed by atoms with Crippen LogP contribution < -0.4 is 5.56 Å². The highest BCUT2D eigenvalue weighted by Crippen LogP contribution is 2.19. The van der Waals surface area contributed by atoms with Gasteiger partial charge in [-0.1, -0.05) is 12.1 Å². The van der Waals surface area contributed by atoms with E-state index in [1.54, 1.807) is 23.2 Å². The molecule has 3 rings (SSSR count). The second-order valence-electron chi connectivity index (χ2n) is 4.28. The summed E-state index contributed by atoms with van der Waals surface area (Å²) >= 11 is 0. The number of hydrogen-bond acceptors (Lipinski definition) is 3. The highest BCUT2D eigenvalue weighted by Gasteiger charge is 2.07. The molecule has 4 heteroatoms. The summed E-state index contributed by atoms with van der Waals surface area (Å²) in [7, 11) is 0. The number of hydrogen-bond donors (Lipinski definition) is 0. The van der Waals surface area contributed by atoms with Gasteiger partial charge in [-0.25, -0.2) is 4.98 Å². The molecule has 2 aromatic heterocycles. The first kappa shape index (κ1) is 11.6. The van der Waals surface area contributed by atoms with Crippen LogP contribution in [0.2, 0.25) is 0 Å². The molecular formula is C15H13N3O. The molecule has 2 heterocycles. The third-order valence-electron chi connectivity index (χ3n) is 3.13. The molecule has 19 heavy (non-hydrogen) atoms. The molecule has 0 aliphatic heterocycles. The maximum Gasteiger partial charge on any atom is 0.277 e. The minimum Gasteiger partial charge on any atom is -0.312 e. The average molecular weight is 251 g/mol. The second kappa shape index (κ2) is 4.65. The molecule has 1 aromatic carbocycles. The van der Waals surface area contributed by atoms with E-state index in [1.807, 2.05) is 37.3 Å². The molecule has 3 aromatic rings. The molecule has 0 aliphatic carbocycles. The lowest BCUT2D eigenvalue weighted by atomic mass is 10.1. The largest absolute Gasteiger partial charge is 0.312 e. The van der Waals surface area contributed by atoms with Crippen LogP contribution in [-0.2, 0) is 6.54 Å². The quantitative estimate of drug-likeness (QED) is 0.703. The molecule has 0 unspecified atom stereocenters. The summed E-state index contributed by atoms with van der Waals surface area (Å²) in [4.78, 5) is 20.7. The summed E-state index contributed by atoms with van der Waals surface area (Å²) in [5.41, 5.74) is 2.16. The van der Waals surface area contributed by atoms with Crippen molar-refractivity contribution < 1.29 is 0 Å². The maximum absolute atomic E-state index is 12.2. The Bertz CT molecular complexity index is 792. The fourth-order valence-electron chi connectivity index (χ4n) is 2.12. The Labute approximate surface area is 110 Å². The molecular weight excluding hydrogens is 238 g/mol. The van der Waals surface area contributed by atoms with E-state index in [2.05, 4.69) is 9.97 Å². The summed E-state index contributed by atoms with van der Waals surface area (Å²) in [6.45, 7) is 2.58. The lowest BCUT2D eigenvalue weighted by molar-refractivity contribution is 0.720. The Kier molecular flexibility index (Phi) is 2.83. The first-order valence-electron chi connectivity index (χ1n) is 6.20. The molecule has 0 aliphatic rings. The van der Waals surface area contributed by atoms with Gasteiger partial charge in [-0.2, -0.15) is 0 Å². The topological polar surface area (TPSA) is 47.8 Å². The zero-order valence-electron chi connectivity index (χ0n) is 10.6. The average Bonchev–Trinajstić information content (AvgIpc) is 2.47. The van der Waals surface area contributed by atoms with Crippen LogP contribution >= 0.6 is 0 Å². The van der Waals surface area contributed by atoms with Crippen LogP contribution in [0.1, 0.15) is 6.92 Å². The number of benzene rings is 1. The molecule has 0 bridgehead atoms. The van der Waals surface area contributed by atoms with Crippen molar-refractivity contribution in [3.05, 3.63) is 59.3 Å². The lowest BCUT2D eigenvalue weighted by Gasteiger charge is -2.05. The Morgan fingerprint density at radius 3 is 2.89 bits per heavy atom. The van der Waals surface area contributed by atoms with Gasteiger partial charge in [0.1, 0.15) is 5.69 Å². The molecule has 0 radical (unpaired) electrons. The lowest BCUT2D eigenvalue weighted by Crippen LogP contribution is -2.21. The number of nitrogens with zero attached hydrogens (tertiary/aromatic N) is 3. The van der Waals surface area contributed by atoms with Crippen LogP contribution in [0.4, 0.5) is 0 Å². The molecule has 0 N–H and O–H groups in total. The van der Waals surface area contributed by atoms with Gasteiger partial charge >= 0.3 is 0 Å². The third kappa shape index (κ3) is 2.01. The fraction of sp³-hybridized carbons (Fsp3) is 0.133. The van der Waals surface area contributed by atoms with Crippen LogP contribution in [0.25, 0.3) is 22.2 Å². The van der Waals surface area contributed by atoms with Crippen molar-refractivity contribution >= 4 is 10.9 Å². The Balaban J connectivity index is 2.22. The molecule has 0 fully saturated rings. The first-order valence-corrected chi connectivity index (χ1v) is 6.20. The molecule has 94 valence electrons. The predicted octanol–water partition coefficient (Wildman–Crippen LogP) is 2.48. The normalized spacial score (nSPS) is 10.8. The zero-order valence-corrected chi connectivity index (χ0v) is 10.6. The fourth-order valence-corrected chi connectivity index (χ4v) is 2.12. The Morgan fingerprint density at radius 1 is 1.16 bits per heavy atom. The van der Waals surface area contributed by atoms with Crippen LogP contribution in [0.5, 0.6) is 0 Å². The first-order chi connectivity index (χ1) is 9.29. The number of pyridine rings is 1. The van der Waals surface area contributed by atoms with Gasteiger partial charge in [-0.3, -0.25) is 9.78 Å². The van der Waals surface area contributed by atoms with E-state index >= 15 is 0 Å². The Morgan fingerprint density at radius 2 is 2.05 bits per heavy atom. The van der Waals surface area contributed by atoms with Gasteiger partial charge in [-0.05, 0) is 25.1 Å². The van der Waals surface area contributed by atoms with E-state index in [0.29, 0.717) is 12.2 Å². The van der Waals surface area contributed by atoms with E-state index in [9.17, 15) is 4.79 Å². The highest BCUT2D eigenvalue weighted by atomic mass is 16.1. The van der Waals surface area contributed by atoms with E-state index in [-0.39, 0.29) is 5.56 Å². The molecule has 0 amide bonds. The zero-order chi connectivity index (χ0) is 13.2. The molecule has 0 saturated heterocycles. The summed E-state index contributed by atoms with van der Waals surface area (Å²) in [5, 5.41) is 1.01. The SMILES string of the molecule is CCn1ccnc(-c2ccc3ncccc3c2)c1=O. The minimum absolute atomic E-state index is 0.0618. The maximum atomic E-state index is 12.2. The van der Waals surface area contributed by atoms with Gasteiger partial charge < -0.3 is 4.57 Å². The van der Waals surface area contributed by atoms with Crippen molar-refractivity contribution in [2.45, 2.75) is 13.5 Å². The van der Waals surface area contributed by atoms with Gasteiger partial charge in [0.05, 0.1) is 5.52 Å². The summed E-state index contributed by atoms with van der Waals surface area (Å²) in [6, 6.07) is 9.61. The van der Waals surface area contributed by atoms with Gasteiger partial charge in [0.15, 0.2) is 0 Å². The van der Waals surface area contributed by atoms with E-state index in [1.165, 1.54) is 0 Å². The summed E-state index contributed by atoms with van der Waals surface area (Å²) in [6.07, 6.45) is 5.12. The van der Waals surface area contributed by atoms with Gasteiger partial charge in [-0.15, -0.1) is 0 Å². The second-order valence-corrected chi connectivity index (χ2v) is 4.28. The molecule has 0 saturated carbocycles. The smallest absolute Gasteiger partial charge is 0.277 e. The van der Waals surface area contributed by atoms with Crippen LogP contribution in [0.3, 0.4) is 0 Å². The van der Waals surface area contributed by atoms with Gasteiger partial charge in [0.2, 0.25) is 0 Å². The van der Waals surface area contributed by atoms with Crippen molar-refractivity contribution in [3.63, 3.8) is 0 Å². The van der Waals surface area contributed by atoms with Crippen LogP contribution in [0.15, 0.2) is 53.7 Å². The summed E-state index contributed by atoms with van der Waals surface area (Å²) in [5.74, 6) is 0. The minimum atomic E-state index is -0.0618. The highest BCUT2D eigenvalue weighted by molar-refractivity contribution is 5.83. The monoisotopic (exact) mass is 251 g/mol. The van der Waals surface area contributed by atoms with Crippen molar-refractivity contribution in [1.82, 2.24) is 14.5 Å². The van der Waals surface area contributed by atoms with Crippen molar-refractivity contribution in [2.75, 3.05) is 0 Å². The predicted molar refractivity (Wildman–Crippen MR) is 74.9 cm³/mol. The number of fused-ring (bicyclic) bond motifs is 1. The number of aryl methyl sites for hydroxylation is 1. The molecule has 0 spiro atoms. The number of aromatic nitrogens is 3. The van der Waals surface area contributed by atoms with Gasteiger partial charge in [0.25, 0.3) is 5.56 Å². The number of rotatable bonds is 2. The van der Waals surface area contributed by atoms with Crippen molar-refractivity contribution in [1.29, 1.82) is 0 Å². The van der Waals surface area contributed by atoms with E-state index < -0.39 is 0 Å². The van der Waals surface area contributed by atoms with E-state index in [0.717, 1.165) is 16.5 Å². The molecule has 4 nitrogen and oxygen atoms in total. The summed E-state index contributed by atoms with van der Waals surface area (Å²) < 4.78 is 1.65. The van der Waals surface area contributed by atoms with Crippen molar-refractivity contribution in [3.8, 4) is 11.3 Å². The van der Waals surface area contributed by atoms with E-state index in [4.69, 9.17) is 0 Å². The van der Waals surface area contributed by atoms with Crippen molar-refractivity contribution in [2.24, 2.45) is 0 Å². The standard InChI is InChI=1S/C15H13N3O/c1-2-18-9-8-17-14(15(18)19)12-5-6-13-11(10-12)4-3-7-16-13/h3-10H,2H2,1H3. The third-order valence-corrected chi connectivity index (χ3v) is 3.13. The molecule has 0 atom stereocenters. The van der Waals surface area contributed by atoms with Gasteiger partial charge in [0, 0.05) is 36.1 Å². The van der Waals surface area contributed by atoms with Crippen LogP contribution in [0, 0.1) is 0 Å². The Hall–Kier alpha value is -2.49.